The number of nitrogens with zero attached hydrogens (tertiary/aromatic N) is 6. The average Bonchev–Trinajstić information content (AvgIpc) is 3.90. The van der Waals surface area contributed by atoms with Crippen LogP contribution in [0.2, 0.25) is 0 Å². The molecule has 3 aromatic heterocycles. The Kier molecular flexibility index (Phi) is 8.77. The summed E-state index contributed by atoms with van der Waals surface area (Å²) in [6.07, 6.45) is 0. The van der Waals surface area contributed by atoms with Crippen LogP contribution in [0.3, 0.4) is 0 Å². The van der Waals surface area contributed by atoms with Crippen LogP contribution in [-0.4, -0.2) is 24.1 Å². The number of fused-ring (bicyclic) bond motifs is 6. The van der Waals surface area contributed by atoms with Gasteiger partial charge in [-0.2, -0.15) is 5.26 Å². The molecule has 6 heteroatoms. The Balaban J connectivity index is 1.18. The largest absolute Gasteiger partial charge is 0.309 e. The van der Waals surface area contributed by atoms with Crippen molar-refractivity contribution in [2.75, 3.05) is 0 Å². The molecule has 64 heavy (non-hydrogen) atoms. The van der Waals surface area contributed by atoms with Crippen LogP contribution in [0.5, 0.6) is 0 Å². The minimum absolute atomic E-state index is 0.472. The molecule has 0 aliphatic rings. The first-order chi connectivity index (χ1) is 31.7. The number of benzene rings is 9. The van der Waals surface area contributed by atoms with Gasteiger partial charge in [0.25, 0.3) is 0 Å². The molecule has 12 rings (SSSR count). The van der Waals surface area contributed by atoms with Crippen molar-refractivity contribution in [3.8, 4) is 73.9 Å². The van der Waals surface area contributed by atoms with Crippen LogP contribution in [0.1, 0.15) is 5.56 Å². The Labute approximate surface area is 369 Å². The van der Waals surface area contributed by atoms with Gasteiger partial charge in [0.1, 0.15) is 0 Å². The fraction of sp³-hybridized carbons (Fsp3) is 0. The maximum absolute atomic E-state index is 10.9. The third kappa shape index (κ3) is 5.99. The van der Waals surface area contributed by atoms with Crippen molar-refractivity contribution in [2.24, 2.45) is 0 Å². The van der Waals surface area contributed by atoms with Crippen molar-refractivity contribution < 1.29 is 0 Å². The fourth-order valence-electron chi connectivity index (χ4n) is 9.43. The van der Waals surface area contributed by atoms with Crippen LogP contribution in [0.25, 0.3) is 111 Å². The molecule has 0 aliphatic heterocycles. The first-order valence-electron chi connectivity index (χ1n) is 21.3. The lowest BCUT2D eigenvalue weighted by Crippen LogP contribution is -2.05. The lowest BCUT2D eigenvalue weighted by molar-refractivity contribution is 1.06. The number of nitriles is 1. The van der Waals surface area contributed by atoms with E-state index >= 15 is 0 Å². The molecule has 0 saturated carbocycles. The normalized spacial score (nSPS) is 11.4. The molecule has 0 aliphatic carbocycles. The van der Waals surface area contributed by atoms with Crippen LogP contribution >= 0.6 is 0 Å². The maximum atomic E-state index is 10.9. The van der Waals surface area contributed by atoms with E-state index < -0.39 is 0 Å². The standard InChI is InChI=1S/C58H36N6/c59-37-41-35-48(58-61-56(39-21-7-2-8-22-39)60-57(62-58)40-23-9-3-10-24-40)53(36-47(41)38-19-5-1-6-20-38)64-50-32-16-14-28-46(50)55-44(30-18-34-52(55)64)43-29-17-33-51-54(43)45-27-13-15-31-49(45)63(51)42-25-11-4-12-26-42/h1-36H. The third-order valence-corrected chi connectivity index (χ3v) is 12.2. The number of hydrogen-bond donors (Lipinski definition) is 0. The smallest absolute Gasteiger partial charge is 0.166 e. The Bertz CT molecular complexity index is 3710. The zero-order chi connectivity index (χ0) is 42.6. The zero-order valence-corrected chi connectivity index (χ0v) is 34.5. The number of hydrogen-bond acceptors (Lipinski definition) is 4. The van der Waals surface area contributed by atoms with Gasteiger partial charge in [0.15, 0.2) is 17.5 Å². The number of aromatic nitrogens is 5. The summed E-state index contributed by atoms with van der Waals surface area (Å²) in [5.41, 5.74) is 13.3. The predicted molar refractivity (Wildman–Crippen MR) is 260 cm³/mol. The van der Waals surface area contributed by atoms with E-state index in [4.69, 9.17) is 15.0 Å². The highest BCUT2D eigenvalue weighted by Crippen LogP contribution is 2.45. The van der Waals surface area contributed by atoms with Crippen LogP contribution in [0.15, 0.2) is 218 Å². The second-order valence-electron chi connectivity index (χ2n) is 15.9. The molecule has 0 atom stereocenters. The van der Waals surface area contributed by atoms with E-state index in [1.165, 1.54) is 10.8 Å². The SMILES string of the molecule is N#Cc1cc(-c2nc(-c3ccccc3)nc(-c3ccccc3)n2)c(-n2c3ccccc3c3c(-c4cccc5c4c4ccccc4n5-c4ccccc4)cccc32)cc1-c1ccccc1. The molecule has 0 unspecified atom stereocenters. The third-order valence-electron chi connectivity index (χ3n) is 12.2. The first kappa shape index (κ1) is 36.9. The van der Waals surface area contributed by atoms with Crippen molar-refractivity contribution >= 4 is 43.6 Å². The highest BCUT2D eigenvalue weighted by atomic mass is 15.1. The summed E-state index contributed by atoms with van der Waals surface area (Å²) >= 11 is 0. The van der Waals surface area contributed by atoms with Crippen molar-refractivity contribution in [1.29, 1.82) is 5.26 Å². The summed E-state index contributed by atoms with van der Waals surface area (Å²) in [6, 6.07) is 77.9. The molecule has 0 N–H and O–H groups in total. The Morgan fingerprint density at radius 3 is 1.33 bits per heavy atom. The van der Waals surface area contributed by atoms with E-state index in [0.29, 0.717) is 28.6 Å². The van der Waals surface area contributed by atoms with Crippen LogP contribution in [0.4, 0.5) is 0 Å². The predicted octanol–water partition coefficient (Wildman–Crippen LogP) is 14.3. The summed E-state index contributed by atoms with van der Waals surface area (Å²) in [5, 5.41) is 15.5. The summed E-state index contributed by atoms with van der Waals surface area (Å²) in [4.78, 5) is 15.4. The van der Waals surface area contributed by atoms with Gasteiger partial charge in [-0.1, -0.05) is 170 Å². The van der Waals surface area contributed by atoms with Crippen molar-refractivity contribution in [2.45, 2.75) is 0 Å². The highest BCUT2D eigenvalue weighted by molar-refractivity contribution is 6.22. The van der Waals surface area contributed by atoms with Gasteiger partial charge < -0.3 is 9.13 Å². The fourth-order valence-corrected chi connectivity index (χ4v) is 9.43. The van der Waals surface area contributed by atoms with Crippen molar-refractivity contribution in [3.05, 3.63) is 224 Å². The molecule has 0 bridgehead atoms. The lowest BCUT2D eigenvalue weighted by Gasteiger charge is -2.18. The zero-order valence-electron chi connectivity index (χ0n) is 34.5. The van der Waals surface area contributed by atoms with E-state index in [9.17, 15) is 5.26 Å². The van der Waals surface area contributed by atoms with E-state index in [1.807, 2.05) is 84.9 Å². The Morgan fingerprint density at radius 1 is 0.344 bits per heavy atom. The Morgan fingerprint density at radius 2 is 0.781 bits per heavy atom. The lowest BCUT2D eigenvalue weighted by atomic mass is 9.95. The molecule has 298 valence electrons. The number of para-hydroxylation sites is 3. The summed E-state index contributed by atoms with van der Waals surface area (Å²) < 4.78 is 4.70. The molecule has 0 saturated heterocycles. The van der Waals surface area contributed by atoms with Gasteiger partial charge in [0.05, 0.1) is 39.4 Å². The van der Waals surface area contributed by atoms with Crippen LogP contribution in [-0.2, 0) is 0 Å². The van der Waals surface area contributed by atoms with Gasteiger partial charge in [-0.05, 0) is 65.2 Å². The maximum Gasteiger partial charge on any atom is 0.166 e. The van der Waals surface area contributed by atoms with Crippen LogP contribution in [0, 0.1) is 11.3 Å². The molecular weight excluding hydrogens is 781 g/mol. The van der Waals surface area contributed by atoms with E-state index in [2.05, 4.69) is 149 Å². The molecule has 3 heterocycles. The Hall–Kier alpha value is -8.92. The summed E-state index contributed by atoms with van der Waals surface area (Å²) in [7, 11) is 0. The van der Waals surface area contributed by atoms with Crippen molar-refractivity contribution in [1.82, 2.24) is 24.1 Å². The molecule has 0 radical (unpaired) electrons. The van der Waals surface area contributed by atoms with Crippen molar-refractivity contribution in [3.63, 3.8) is 0 Å². The van der Waals surface area contributed by atoms with Gasteiger partial charge in [-0.15, -0.1) is 0 Å². The van der Waals surface area contributed by atoms with Gasteiger partial charge in [0.2, 0.25) is 0 Å². The second kappa shape index (κ2) is 15.2. The van der Waals surface area contributed by atoms with Gasteiger partial charge >= 0.3 is 0 Å². The summed E-state index contributed by atoms with van der Waals surface area (Å²) in [5.74, 6) is 1.57. The minimum atomic E-state index is 0.472. The summed E-state index contributed by atoms with van der Waals surface area (Å²) in [6.45, 7) is 0. The molecule has 0 amide bonds. The quantitative estimate of drug-likeness (QED) is 0.161. The van der Waals surface area contributed by atoms with Gasteiger partial charge in [-0.25, -0.2) is 15.0 Å². The van der Waals surface area contributed by atoms with E-state index in [-0.39, 0.29) is 0 Å². The molecule has 6 nitrogen and oxygen atoms in total. The molecule has 0 fully saturated rings. The molecular formula is C58H36N6. The van der Waals surface area contributed by atoms with Gasteiger partial charge in [-0.3, -0.25) is 0 Å². The number of rotatable bonds is 7. The molecule has 0 spiro atoms. The van der Waals surface area contributed by atoms with E-state index in [1.54, 1.807) is 0 Å². The topological polar surface area (TPSA) is 72.3 Å². The average molecular weight is 817 g/mol. The minimum Gasteiger partial charge on any atom is -0.309 e. The molecule has 12 aromatic rings. The van der Waals surface area contributed by atoms with Crippen LogP contribution < -0.4 is 0 Å². The first-order valence-corrected chi connectivity index (χ1v) is 21.3. The monoisotopic (exact) mass is 816 g/mol. The van der Waals surface area contributed by atoms with E-state index in [0.717, 1.165) is 77.6 Å². The molecule has 9 aromatic carbocycles. The van der Waals surface area contributed by atoms with Gasteiger partial charge in [0, 0.05) is 49.5 Å². The highest BCUT2D eigenvalue weighted by Gasteiger charge is 2.25. The second-order valence-corrected chi connectivity index (χ2v) is 15.9.